The molecule has 61 valence electrons. The Balaban J connectivity index is 2.04. The quantitative estimate of drug-likeness (QED) is 0.594. The summed E-state index contributed by atoms with van der Waals surface area (Å²) in [5.41, 5.74) is 0. The van der Waals surface area contributed by atoms with Crippen molar-refractivity contribution >= 4 is 0 Å². The van der Waals surface area contributed by atoms with Gasteiger partial charge < -0.3 is 0 Å². The molecule has 1 radical (unpaired) electrons. The third-order valence-corrected chi connectivity index (χ3v) is 1.53. The second kappa shape index (κ2) is 4.82. The van der Waals surface area contributed by atoms with Crippen molar-refractivity contribution in [1.82, 2.24) is 20.2 Å². The lowest BCUT2D eigenvalue weighted by Gasteiger charge is -1.97. The van der Waals surface area contributed by atoms with Gasteiger partial charge in [0.25, 0.3) is 0 Å². The fraction of sp³-hybridized carbons (Fsp3) is 0.714. The van der Waals surface area contributed by atoms with Gasteiger partial charge in [-0.25, -0.2) is 4.68 Å². The van der Waals surface area contributed by atoms with Crippen molar-refractivity contribution < 1.29 is 0 Å². The first-order valence-corrected chi connectivity index (χ1v) is 3.93. The van der Waals surface area contributed by atoms with Crippen LogP contribution in [-0.4, -0.2) is 20.2 Å². The van der Waals surface area contributed by atoms with Crippen molar-refractivity contribution in [2.24, 2.45) is 0 Å². The normalized spacial score (nSPS) is 10.3. The molecule has 0 atom stereocenters. The monoisotopic (exact) mass is 153 g/mol. The molecule has 0 aliphatic rings. The van der Waals surface area contributed by atoms with Crippen LogP contribution in [0.2, 0.25) is 0 Å². The number of nitrogens with zero attached hydrogens (tertiary/aromatic N) is 4. The molecule has 4 heteroatoms. The van der Waals surface area contributed by atoms with E-state index in [1.165, 1.54) is 12.8 Å². The van der Waals surface area contributed by atoms with E-state index in [4.69, 9.17) is 0 Å². The molecule has 0 amide bonds. The smallest absolute Gasteiger partial charge is 0.138 e. The maximum atomic E-state index is 3.77. The summed E-state index contributed by atoms with van der Waals surface area (Å²) in [4.78, 5) is 0. The van der Waals surface area contributed by atoms with E-state index in [0.717, 1.165) is 19.4 Å². The molecule has 0 spiro atoms. The number of aryl methyl sites for hydroxylation is 1. The zero-order valence-electron chi connectivity index (χ0n) is 6.61. The van der Waals surface area contributed by atoms with Gasteiger partial charge in [-0.3, -0.25) is 0 Å². The molecule has 0 saturated carbocycles. The molecule has 1 aromatic rings. The first-order chi connectivity index (χ1) is 5.43. The lowest BCUT2D eigenvalue weighted by atomic mass is 10.2. The van der Waals surface area contributed by atoms with Crippen molar-refractivity contribution in [2.75, 3.05) is 0 Å². The maximum Gasteiger partial charge on any atom is 0.138 e. The van der Waals surface area contributed by atoms with Gasteiger partial charge in [-0.2, -0.15) is 0 Å². The molecule has 1 heterocycles. The van der Waals surface area contributed by atoms with E-state index in [2.05, 4.69) is 22.4 Å². The van der Waals surface area contributed by atoms with E-state index >= 15 is 0 Å². The predicted octanol–water partition coefficient (Wildman–Crippen LogP) is 1.07. The van der Waals surface area contributed by atoms with Crippen LogP contribution in [0.4, 0.5) is 0 Å². The molecule has 0 aliphatic heterocycles. The Bertz CT molecular complexity index is 171. The van der Waals surface area contributed by atoms with Crippen LogP contribution >= 0.6 is 0 Å². The van der Waals surface area contributed by atoms with Gasteiger partial charge in [-0.05, 0) is 16.8 Å². The summed E-state index contributed by atoms with van der Waals surface area (Å²) in [5, 5.41) is 10.8. The fourth-order valence-electron chi connectivity index (χ4n) is 0.910. The van der Waals surface area contributed by atoms with Crippen molar-refractivity contribution in [2.45, 2.75) is 32.2 Å². The Morgan fingerprint density at radius 1 is 1.27 bits per heavy atom. The highest BCUT2D eigenvalue weighted by Gasteiger charge is 1.91. The minimum Gasteiger partial charge on any atom is -0.233 e. The predicted molar refractivity (Wildman–Crippen MR) is 41.6 cm³/mol. The Morgan fingerprint density at radius 3 is 2.82 bits per heavy atom. The molecular formula is C7H13N4. The topological polar surface area (TPSA) is 43.6 Å². The van der Waals surface area contributed by atoms with Crippen LogP contribution in [0.25, 0.3) is 0 Å². The van der Waals surface area contributed by atoms with Crippen LogP contribution in [0.3, 0.4) is 0 Å². The van der Waals surface area contributed by atoms with Crippen LogP contribution in [-0.2, 0) is 6.54 Å². The van der Waals surface area contributed by atoms with Gasteiger partial charge >= 0.3 is 0 Å². The summed E-state index contributed by atoms with van der Waals surface area (Å²) in [5.74, 6) is 0. The highest BCUT2D eigenvalue weighted by atomic mass is 15.5. The van der Waals surface area contributed by atoms with Crippen LogP contribution in [0.5, 0.6) is 0 Å². The molecule has 0 fully saturated rings. The molecule has 1 rings (SSSR count). The van der Waals surface area contributed by atoms with Gasteiger partial charge in [0.15, 0.2) is 0 Å². The number of tetrazole rings is 1. The first kappa shape index (κ1) is 8.17. The Morgan fingerprint density at radius 2 is 2.18 bits per heavy atom. The lowest BCUT2D eigenvalue weighted by Crippen LogP contribution is -1.98. The van der Waals surface area contributed by atoms with Gasteiger partial charge in [-0.1, -0.05) is 26.2 Å². The van der Waals surface area contributed by atoms with E-state index in [9.17, 15) is 0 Å². The minimum absolute atomic E-state index is 0.924. The molecule has 11 heavy (non-hydrogen) atoms. The summed E-state index contributed by atoms with van der Waals surface area (Å²) >= 11 is 0. The lowest BCUT2D eigenvalue weighted by molar-refractivity contribution is 0.531. The third kappa shape index (κ3) is 3.11. The Labute approximate surface area is 66.6 Å². The molecule has 0 N–H and O–H groups in total. The molecule has 4 nitrogen and oxygen atoms in total. The van der Waals surface area contributed by atoms with Gasteiger partial charge in [-0.15, -0.1) is 5.10 Å². The van der Waals surface area contributed by atoms with Crippen LogP contribution in [0, 0.1) is 6.92 Å². The van der Waals surface area contributed by atoms with Crippen molar-refractivity contribution in [3.8, 4) is 0 Å². The van der Waals surface area contributed by atoms with E-state index < -0.39 is 0 Å². The van der Waals surface area contributed by atoms with E-state index in [1.807, 2.05) is 0 Å². The second-order valence-corrected chi connectivity index (χ2v) is 2.49. The van der Waals surface area contributed by atoms with Crippen molar-refractivity contribution in [1.29, 1.82) is 0 Å². The van der Waals surface area contributed by atoms with Crippen molar-refractivity contribution in [3.63, 3.8) is 0 Å². The van der Waals surface area contributed by atoms with E-state index in [0.29, 0.717) is 0 Å². The molecule has 0 aliphatic carbocycles. The van der Waals surface area contributed by atoms with E-state index in [-0.39, 0.29) is 0 Å². The maximum absolute atomic E-state index is 3.77. The standard InChI is InChI=1S/C7H13N4/c1-2-3-4-5-6-11-7-8-9-10-11/h7H,1-6H2. The van der Waals surface area contributed by atoms with Gasteiger partial charge in [0.2, 0.25) is 0 Å². The number of aromatic nitrogens is 4. The number of hydrogen-bond acceptors (Lipinski definition) is 3. The summed E-state index contributed by atoms with van der Waals surface area (Å²) in [7, 11) is 0. The molecule has 0 bridgehead atoms. The van der Waals surface area contributed by atoms with Gasteiger partial charge in [0, 0.05) is 6.54 Å². The molecule has 0 aromatic carbocycles. The minimum atomic E-state index is 0.924. The van der Waals surface area contributed by atoms with Gasteiger partial charge in [0.1, 0.15) is 6.33 Å². The summed E-state index contributed by atoms with van der Waals surface area (Å²) in [6.45, 7) is 4.70. The van der Waals surface area contributed by atoms with Gasteiger partial charge in [0.05, 0.1) is 0 Å². The highest BCUT2D eigenvalue weighted by molar-refractivity contribution is 4.48. The number of rotatable bonds is 5. The third-order valence-electron chi connectivity index (χ3n) is 1.53. The van der Waals surface area contributed by atoms with Crippen molar-refractivity contribution in [3.05, 3.63) is 13.3 Å². The van der Waals surface area contributed by atoms with Crippen LogP contribution in [0.1, 0.15) is 25.7 Å². The largest absolute Gasteiger partial charge is 0.233 e. The zero-order chi connectivity index (χ0) is 7.94. The Kier molecular flexibility index (Phi) is 3.58. The second-order valence-electron chi connectivity index (χ2n) is 2.49. The Hall–Kier alpha value is -0.930. The highest BCUT2D eigenvalue weighted by Crippen LogP contribution is 1.99. The fourth-order valence-corrected chi connectivity index (χ4v) is 0.910. The zero-order valence-corrected chi connectivity index (χ0v) is 6.61. The summed E-state index contributed by atoms with van der Waals surface area (Å²) in [6.07, 6.45) is 6.21. The number of unbranched alkanes of at least 4 members (excludes halogenated alkanes) is 3. The molecule has 0 unspecified atom stereocenters. The van der Waals surface area contributed by atoms with Crippen LogP contribution in [0.15, 0.2) is 6.33 Å². The number of hydrogen-bond donors (Lipinski definition) is 0. The summed E-state index contributed by atoms with van der Waals surface area (Å²) < 4.78 is 1.75. The van der Waals surface area contributed by atoms with E-state index in [1.54, 1.807) is 11.0 Å². The van der Waals surface area contributed by atoms with Crippen LogP contribution < -0.4 is 0 Å². The average molecular weight is 153 g/mol. The first-order valence-electron chi connectivity index (χ1n) is 3.93. The summed E-state index contributed by atoms with van der Waals surface area (Å²) in [6, 6.07) is 0. The average Bonchev–Trinajstić information content (AvgIpc) is 2.50. The molecule has 1 aromatic heterocycles. The molecular weight excluding hydrogens is 140 g/mol. The molecule has 0 saturated heterocycles. The SMILES string of the molecule is [CH2]CCCCCn1cnnn1.